The van der Waals surface area contributed by atoms with Crippen molar-refractivity contribution in [1.82, 2.24) is 14.5 Å². The summed E-state index contributed by atoms with van der Waals surface area (Å²) in [5, 5.41) is 12.7. The van der Waals surface area contributed by atoms with Gasteiger partial charge in [-0.15, -0.1) is 0 Å². The van der Waals surface area contributed by atoms with Crippen LogP contribution in [0.1, 0.15) is 29.3 Å². The number of hydrogen-bond donors (Lipinski definition) is 3. The van der Waals surface area contributed by atoms with Gasteiger partial charge in [0.05, 0.1) is 13.1 Å². The third kappa shape index (κ3) is 5.25. The highest BCUT2D eigenvalue weighted by Gasteiger charge is 2.27. The average molecular weight is 500 g/mol. The molecule has 8 nitrogen and oxygen atoms in total. The van der Waals surface area contributed by atoms with Crippen LogP contribution in [0.2, 0.25) is 0 Å². The number of rotatable bonds is 8. The first-order valence-corrected chi connectivity index (χ1v) is 12.0. The smallest absolute Gasteiger partial charge is 0.331 e. The molecule has 4 rings (SSSR count). The Morgan fingerprint density at radius 1 is 1.08 bits per heavy atom. The molecule has 0 saturated carbocycles. The summed E-state index contributed by atoms with van der Waals surface area (Å²) in [6, 6.07) is 11.9. The molecule has 1 aliphatic rings. The Morgan fingerprint density at radius 3 is 2.44 bits per heavy atom. The SMILES string of the molecule is Cc1c(N2CCNC(CCO)C2)c(=O)n(C[C@H](N)c2ccccc2)c(=O)n1Cc1c(F)cccc1F. The van der Waals surface area contributed by atoms with Crippen molar-refractivity contribution in [2.45, 2.75) is 38.5 Å². The maximum absolute atomic E-state index is 14.5. The molecule has 1 fully saturated rings. The summed E-state index contributed by atoms with van der Waals surface area (Å²) in [6.07, 6.45) is 0.503. The lowest BCUT2D eigenvalue weighted by molar-refractivity contribution is 0.260. The van der Waals surface area contributed by atoms with Crippen LogP contribution in [-0.4, -0.2) is 46.5 Å². The van der Waals surface area contributed by atoms with Crippen molar-refractivity contribution in [2.75, 3.05) is 31.1 Å². The van der Waals surface area contributed by atoms with E-state index in [2.05, 4.69) is 5.32 Å². The van der Waals surface area contributed by atoms with Gasteiger partial charge in [0.25, 0.3) is 5.56 Å². The van der Waals surface area contributed by atoms with Crippen LogP contribution in [0.3, 0.4) is 0 Å². The molecule has 3 aromatic rings. The van der Waals surface area contributed by atoms with Crippen molar-refractivity contribution in [3.8, 4) is 0 Å². The van der Waals surface area contributed by atoms with Gasteiger partial charge >= 0.3 is 5.69 Å². The van der Waals surface area contributed by atoms with Crippen molar-refractivity contribution in [2.24, 2.45) is 5.73 Å². The van der Waals surface area contributed by atoms with Crippen LogP contribution in [-0.2, 0) is 13.1 Å². The Balaban J connectivity index is 1.84. The van der Waals surface area contributed by atoms with Crippen molar-refractivity contribution in [3.63, 3.8) is 0 Å². The standard InChI is InChI=1S/C26H31F2N5O3/c1-17-24(31-12-11-30-19(14-31)10-13-34)25(35)33(16-23(29)18-6-3-2-4-7-18)26(36)32(17)15-20-21(27)8-5-9-22(20)28/h2-9,19,23,30,34H,10-16,29H2,1H3/t19?,23-/m0/s1. The molecule has 1 saturated heterocycles. The van der Waals surface area contributed by atoms with E-state index in [1.54, 1.807) is 6.92 Å². The maximum Gasteiger partial charge on any atom is 0.331 e. The lowest BCUT2D eigenvalue weighted by Gasteiger charge is -2.36. The summed E-state index contributed by atoms with van der Waals surface area (Å²) in [4.78, 5) is 29.1. The fraction of sp³-hybridized carbons (Fsp3) is 0.385. The second-order valence-electron chi connectivity index (χ2n) is 9.05. The minimum Gasteiger partial charge on any atom is -0.396 e. The number of hydrogen-bond acceptors (Lipinski definition) is 6. The molecule has 0 amide bonds. The van der Waals surface area contributed by atoms with Crippen LogP contribution in [0.25, 0.3) is 0 Å². The molecule has 0 bridgehead atoms. The van der Waals surface area contributed by atoms with Crippen LogP contribution in [0.4, 0.5) is 14.5 Å². The molecule has 0 radical (unpaired) electrons. The second-order valence-corrected chi connectivity index (χ2v) is 9.05. The van der Waals surface area contributed by atoms with Gasteiger partial charge in [0.2, 0.25) is 0 Å². The number of anilines is 1. The molecule has 36 heavy (non-hydrogen) atoms. The highest BCUT2D eigenvalue weighted by molar-refractivity contribution is 5.50. The Morgan fingerprint density at radius 2 is 1.78 bits per heavy atom. The predicted molar refractivity (Wildman–Crippen MR) is 134 cm³/mol. The van der Waals surface area contributed by atoms with E-state index in [1.807, 2.05) is 35.2 Å². The minimum atomic E-state index is -0.772. The normalized spacial score (nSPS) is 16.8. The molecule has 10 heteroatoms. The van der Waals surface area contributed by atoms with Gasteiger partial charge in [-0.1, -0.05) is 36.4 Å². The quantitative estimate of drug-likeness (QED) is 0.434. The van der Waals surface area contributed by atoms with Crippen LogP contribution in [0.5, 0.6) is 0 Å². The van der Waals surface area contributed by atoms with E-state index in [-0.39, 0.29) is 37.0 Å². The number of aromatic nitrogens is 2. The molecule has 2 aromatic carbocycles. The number of aliphatic hydroxyl groups excluding tert-OH is 1. The fourth-order valence-electron chi connectivity index (χ4n) is 4.72. The summed E-state index contributed by atoms with van der Waals surface area (Å²) in [7, 11) is 0. The first-order valence-electron chi connectivity index (χ1n) is 12.0. The summed E-state index contributed by atoms with van der Waals surface area (Å²) in [5.74, 6) is -1.54. The zero-order chi connectivity index (χ0) is 25.8. The van der Waals surface area contributed by atoms with Crippen LogP contribution in [0, 0.1) is 18.6 Å². The maximum atomic E-state index is 14.5. The zero-order valence-electron chi connectivity index (χ0n) is 20.2. The lowest BCUT2D eigenvalue weighted by atomic mass is 10.1. The topological polar surface area (TPSA) is 106 Å². The Kier molecular flexibility index (Phi) is 7.97. The molecule has 4 N–H and O–H groups in total. The highest BCUT2D eigenvalue weighted by Crippen LogP contribution is 2.20. The van der Waals surface area contributed by atoms with E-state index in [4.69, 9.17) is 5.73 Å². The van der Waals surface area contributed by atoms with Gasteiger partial charge in [0.1, 0.15) is 17.3 Å². The number of benzene rings is 2. The molecule has 0 aliphatic carbocycles. The van der Waals surface area contributed by atoms with Crippen molar-refractivity contribution < 1.29 is 13.9 Å². The van der Waals surface area contributed by atoms with Gasteiger partial charge in [0.15, 0.2) is 0 Å². The monoisotopic (exact) mass is 499 g/mol. The van der Waals surface area contributed by atoms with E-state index < -0.39 is 28.9 Å². The van der Waals surface area contributed by atoms with Gasteiger partial charge in [-0.05, 0) is 31.0 Å². The molecule has 192 valence electrons. The summed E-state index contributed by atoms with van der Waals surface area (Å²) >= 11 is 0. The second kappa shape index (κ2) is 11.2. The zero-order valence-corrected chi connectivity index (χ0v) is 20.2. The Hall–Kier alpha value is -3.34. The number of aliphatic hydroxyl groups is 1. The molecule has 0 spiro atoms. The van der Waals surface area contributed by atoms with E-state index in [9.17, 15) is 23.5 Å². The van der Waals surface area contributed by atoms with Gasteiger partial charge < -0.3 is 21.1 Å². The predicted octanol–water partition coefficient (Wildman–Crippen LogP) is 1.51. The Labute approximate surface area is 207 Å². The fourth-order valence-corrected chi connectivity index (χ4v) is 4.72. The van der Waals surface area contributed by atoms with Gasteiger partial charge in [-0.2, -0.15) is 0 Å². The number of nitrogens with two attached hydrogens (primary N) is 1. The molecule has 2 atom stereocenters. The largest absolute Gasteiger partial charge is 0.396 e. The molecule has 1 aliphatic heterocycles. The number of nitrogens with zero attached hydrogens (tertiary/aromatic N) is 3. The van der Waals surface area contributed by atoms with Crippen molar-refractivity contribution >= 4 is 5.69 Å². The minimum absolute atomic E-state index is 0.00723. The van der Waals surface area contributed by atoms with Crippen LogP contribution < -0.4 is 27.2 Å². The lowest BCUT2D eigenvalue weighted by Crippen LogP contribution is -2.54. The van der Waals surface area contributed by atoms with Gasteiger partial charge in [-0.25, -0.2) is 13.6 Å². The third-order valence-corrected chi connectivity index (χ3v) is 6.69. The van der Waals surface area contributed by atoms with Crippen molar-refractivity contribution in [3.05, 3.63) is 97.8 Å². The number of nitrogens with one attached hydrogen (secondary N) is 1. The molecule has 1 aromatic heterocycles. The van der Waals surface area contributed by atoms with E-state index in [0.717, 1.165) is 22.3 Å². The summed E-state index contributed by atoms with van der Waals surface area (Å²) < 4.78 is 31.3. The first kappa shape index (κ1) is 25.7. The highest BCUT2D eigenvalue weighted by atomic mass is 19.1. The van der Waals surface area contributed by atoms with E-state index in [0.29, 0.717) is 31.7 Å². The summed E-state index contributed by atoms with van der Waals surface area (Å²) in [6.45, 7) is 2.65. The number of piperazine rings is 1. The van der Waals surface area contributed by atoms with E-state index >= 15 is 0 Å². The van der Waals surface area contributed by atoms with Crippen LogP contribution in [0.15, 0.2) is 58.1 Å². The van der Waals surface area contributed by atoms with Gasteiger partial charge in [0, 0.05) is 49.6 Å². The average Bonchev–Trinajstić information content (AvgIpc) is 2.87. The molecule has 2 heterocycles. The molecule has 1 unspecified atom stereocenters. The first-order chi connectivity index (χ1) is 17.3. The van der Waals surface area contributed by atoms with E-state index in [1.165, 1.54) is 10.6 Å². The van der Waals surface area contributed by atoms with Crippen molar-refractivity contribution in [1.29, 1.82) is 0 Å². The number of halogens is 2. The Bertz CT molecular complexity index is 1300. The molecular weight excluding hydrogens is 468 g/mol. The third-order valence-electron chi connectivity index (χ3n) is 6.69. The van der Waals surface area contributed by atoms with Gasteiger partial charge in [-0.3, -0.25) is 13.9 Å². The van der Waals surface area contributed by atoms with Crippen LogP contribution >= 0.6 is 0 Å². The summed E-state index contributed by atoms with van der Waals surface area (Å²) in [5.41, 5.74) is 6.28. The molecular formula is C26H31F2N5O3.